The summed E-state index contributed by atoms with van der Waals surface area (Å²) < 4.78 is 4.77. The van der Waals surface area contributed by atoms with Crippen LogP contribution in [0.2, 0.25) is 0 Å². The molecular formula is C22H33N5O7S. The quantitative estimate of drug-likeness (QED) is 0.292. The molecule has 4 heterocycles. The van der Waals surface area contributed by atoms with Crippen molar-refractivity contribution in [1.29, 1.82) is 0 Å². The molecule has 5 N–H and O–H groups in total. The number of nitrogens with two attached hydrogens (primary N) is 1. The third kappa shape index (κ3) is 4.99. The Morgan fingerprint density at radius 1 is 1.26 bits per heavy atom. The molecule has 0 aromatic carbocycles. The topological polar surface area (TPSA) is 166 Å². The number of hydrogen-bond acceptors (Lipinski definition) is 9. The van der Waals surface area contributed by atoms with Gasteiger partial charge in [0.2, 0.25) is 11.8 Å². The first-order chi connectivity index (χ1) is 16.6. The van der Waals surface area contributed by atoms with Gasteiger partial charge in [0.25, 0.3) is 0 Å². The Kier molecular flexibility index (Phi) is 7.60. The van der Waals surface area contributed by atoms with Crippen molar-refractivity contribution in [2.45, 2.75) is 43.7 Å². The van der Waals surface area contributed by atoms with Crippen molar-refractivity contribution in [2.75, 3.05) is 45.9 Å². The number of aliphatic hydroxyl groups excluding tert-OH is 1. The first-order valence-corrected chi connectivity index (χ1v) is 12.8. The number of amides is 3. The summed E-state index contributed by atoms with van der Waals surface area (Å²) in [4.78, 5) is 54.2. The largest absolute Gasteiger partial charge is 0.477 e. The van der Waals surface area contributed by atoms with Gasteiger partial charge in [0.15, 0.2) is 0 Å². The number of nitrogens with one attached hydrogen (secondary N) is 1. The molecule has 0 radical (unpaired) electrons. The summed E-state index contributed by atoms with van der Waals surface area (Å²) in [6.45, 7) is 7.34. The fraction of sp³-hybridized carbons (Fsp3) is 0.727. The van der Waals surface area contributed by atoms with Crippen molar-refractivity contribution in [1.82, 2.24) is 20.0 Å². The summed E-state index contributed by atoms with van der Waals surface area (Å²) in [5, 5.41) is 23.1. The van der Waals surface area contributed by atoms with Gasteiger partial charge in [-0.15, -0.1) is 11.8 Å². The minimum atomic E-state index is -1.14. The first kappa shape index (κ1) is 25.7. The fourth-order valence-corrected chi connectivity index (χ4v) is 7.01. The number of carboxylic acids is 1. The van der Waals surface area contributed by atoms with Crippen LogP contribution in [0, 0.1) is 11.8 Å². The molecule has 0 aromatic rings. The molecule has 0 aliphatic carbocycles. The van der Waals surface area contributed by atoms with Gasteiger partial charge >= 0.3 is 12.1 Å². The van der Waals surface area contributed by atoms with E-state index in [4.69, 9.17) is 10.5 Å². The van der Waals surface area contributed by atoms with E-state index >= 15 is 0 Å². The summed E-state index contributed by atoms with van der Waals surface area (Å²) in [6.07, 6.45) is -1.06. The minimum absolute atomic E-state index is 0.00166. The number of carbonyl (C=O) groups excluding carboxylic acids is 3. The number of carboxylic acid groups (broad SMARTS) is 1. The van der Waals surface area contributed by atoms with Gasteiger partial charge in [-0.3, -0.25) is 14.5 Å². The molecule has 6 atom stereocenters. The zero-order valence-corrected chi connectivity index (χ0v) is 20.7. The number of ether oxygens (including phenoxy) is 1. The van der Waals surface area contributed by atoms with E-state index < -0.39 is 24.1 Å². The highest BCUT2D eigenvalue weighted by Crippen LogP contribution is 2.51. The number of nitrogens with zero attached hydrogens (tertiary/aromatic N) is 3. The lowest BCUT2D eigenvalue weighted by Gasteiger charge is -2.46. The maximum Gasteiger partial charge on any atom is 0.404 e. The average molecular weight is 512 g/mol. The van der Waals surface area contributed by atoms with E-state index in [9.17, 15) is 29.4 Å². The van der Waals surface area contributed by atoms with E-state index in [1.54, 1.807) is 6.92 Å². The van der Waals surface area contributed by atoms with Crippen LogP contribution in [-0.4, -0.2) is 118 Å². The molecule has 0 spiro atoms. The summed E-state index contributed by atoms with van der Waals surface area (Å²) >= 11 is 1.43. The molecule has 4 aliphatic rings. The predicted octanol–water partition coefficient (Wildman–Crippen LogP) is -1.16. The second kappa shape index (κ2) is 10.3. The van der Waals surface area contributed by atoms with Crippen LogP contribution >= 0.6 is 11.8 Å². The standard InChI is InChI=1S/C22H33N5O7S/c1-11-16-15(12(2)28)20(30)27(16)17(21(31)32)18(11)35-13-9-14(24-10-13)19(29)26-5-3-25(4-6-26)7-8-34-22(23)33/h11-16,24,28H,3-10H2,1-2H3,(H2,23,33)(H,31,32)/t11-,12-,13+,14+,15-,16-/m1/s1. The third-order valence-electron chi connectivity index (χ3n) is 7.33. The van der Waals surface area contributed by atoms with E-state index in [0.29, 0.717) is 50.6 Å². The Morgan fingerprint density at radius 3 is 2.54 bits per heavy atom. The molecule has 4 rings (SSSR count). The zero-order chi connectivity index (χ0) is 25.4. The number of piperazine rings is 1. The molecule has 0 unspecified atom stereocenters. The van der Waals surface area contributed by atoms with Crippen molar-refractivity contribution < 1.29 is 34.1 Å². The van der Waals surface area contributed by atoms with Crippen molar-refractivity contribution in [3.8, 4) is 0 Å². The van der Waals surface area contributed by atoms with Gasteiger partial charge in [-0.05, 0) is 13.3 Å². The third-order valence-corrected chi connectivity index (χ3v) is 8.84. The number of fused-ring (bicyclic) bond motifs is 1. The van der Waals surface area contributed by atoms with Crippen LogP contribution in [0.15, 0.2) is 10.6 Å². The first-order valence-electron chi connectivity index (χ1n) is 11.9. The SMILES string of the molecule is C[C@@H](O)[C@H]1C(=O)N2C(C(=O)O)=C(S[C@@H]3CN[C@H](C(=O)N4CCN(CCOC(N)=O)CC4)C3)[C@H](C)[C@H]12. The number of rotatable bonds is 8. The number of β-lactam (4-membered cyclic amide) rings is 1. The normalized spacial score (nSPS) is 31.9. The van der Waals surface area contributed by atoms with E-state index in [1.807, 2.05) is 11.8 Å². The highest BCUT2D eigenvalue weighted by Gasteiger charge is 2.60. The summed E-state index contributed by atoms with van der Waals surface area (Å²) in [6, 6.07) is -0.681. The van der Waals surface area contributed by atoms with Crippen LogP contribution in [0.3, 0.4) is 0 Å². The predicted molar refractivity (Wildman–Crippen MR) is 126 cm³/mol. The van der Waals surface area contributed by atoms with Crippen LogP contribution in [0.25, 0.3) is 0 Å². The van der Waals surface area contributed by atoms with Gasteiger partial charge in [-0.2, -0.15) is 0 Å². The Labute approximate surface area is 207 Å². The van der Waals surface area contributed by atoms with Crippen LogP contribution < -0.4 is 11.1 Å². The second-order valence-electron chi connectivity index (χ2n) is 9.54. The van der Waals surface area contributed by atoms with E-state index in [-0.39, 0.29) is 47.4 Å². The number of primary amides is 1. The summed E-state index contributed by atoms with van der Waals surface area (Å²) in [5.41, 5.74) is 4.99. The van der Waals surface area contributed by atoms with E-state index in [2.05, 4.69) is 10.2 Å². The monoisotopic (exact) mass is 511 g/mol. The molecule has 3 amide bonds. The summed E-state index contributed by atoms with van der Waals surface area (Å²) in [7, 11) is 0. The van der Waals surface area contributed by atoms with Gasteiger partial charge in [-0.25, -0.2) is 9.59 Å². The highest BCUT2D eigenvalue weighted by atomic mass is 32.2. The van der Waals surface area contributed by atoms with Gasteiger partial charge in [-0.1, -0.05) is 6.92 Å². The maximum atomic E-state index is 13.1. The number of thioether (sulfide) groups is 1. The lowest BCUT2D eigenvalue weighted by Crippen LogP contribution is -2.63. The molecule has 194 valence electrons. The fourth-order valence-electron chi connectivity index (χ4n) is 5.53. The molecule has 0 saturated carbocycles. The van der Waals surface area contributed by atoms with Crippen molar-refractivity contribution in [3.63, 3.8) is 0 Å². The lowest BCUT2D eigenvalue weighted by molar-refractivity contribution is -0.163. The number of hydrogen-bond donors (Lipinski definition) is 4. The second-order valence-corrected chi connectivity index (χ2v) is 10.9. The van der Waals surface area contributed by atoms with Gasteiger partial charge in [0.1, 0.15) is 12.3 Å². The van der Waals surface area contributed by atoms with Gasteiger partial charge in [0, 0.05) is 55.3 Å². The van der Waals surface area contributed by atoms with Crippen LogP contribution in [0.4, 0.5) is 4.79 Å². The van der Waals surface area contributed by atoms with Crippen molar-refractivity contribution in [2.24, 2.45) is 17.6 Å². The zero-order valence-electron chi connectivity index (χ0n) is 19.9. The highest BCUT2D eigenvalue weighted by molar-refractivity contribution is 8.03. The van der Waals surface area contributed by atoms with Crippen LogP contribution in [0.1, 0.15) is 20.3 Å². The number of carbonyl (C=O) groups is 4. The summed E-state index contributed by atoms with van der Waals surface area (Å²) in [5.74, 6) is -2.24. The maximum absolute atomic E-state index is 13.1. The smallest absolute Gasteiger partial charge is 0.404 e. The van der Waals surface area contributed by atoms with E-state index in [0.717, 1.165) is 0 Å². The molecule has 35 heavy (non-hydrogen) atoms. The number of aliphatic carboxylic acids is 1. The van der Waals surface area contributed by atoms with Crippen LogP contribution in [-0.2, 0) is 19.1 Å². The van der Waals surface area contributed by atoms with Gasteiger partial charge < -0.3 is 35.8 Å². The van der Waals surface area contributed by atoms with E-state index in [1.165, 1.54) is 16.7 Å². The molecule has 4 aliphatic heterocycles. The Bertz CT molecular complexity index is 920. The van der Waals surface area contributed by atoms with Crippen molar-refractivity contribution >= 4 is 35.6 Å². The molecule has 0 bridgehead atoms. The molecular weight excluding hydrogens is 478 g/mol. The Hall–Kier alpha value is -2.35. The minimum Gasteiger partial charge on any atom is -0.477 e. The number of aliphatic hydroxyl groups is 1. The van der Waals surface area contributed by atoms with Gasteiger partial charge in [0.05, 0.1) is 24.1 Å². The molecule has 13 heteroatoms. The Balaban J connectivity index is 1.31. The molecule has 0 aromatic heterocycles. The molecule has 3 saturated heterocycles. The molecule has 12 nitrogen and oxygen atoms in total. The van der Waals surface area contributed by atoms with Crippen molar-refractivity contribution in [3.05, 3.63) is 10.6 Å². The van der Waals surface area contributed by atoms with Crippen LogP contribution in [0.5, 0.6) is 0 Å². The Morgan fingerprint density at radius 2 is 1.94 bits per heavy atom. The molecule has 3 fully saturated rings. The average Bonchev–Trinajstić information content (AvgIpc) is 3.35. The lowest BCUT2D eigenvalue weighted by atomic mass is 9.79.